The number of hydrogen-bond donors (Lipinski definition) is 1. The summed E-state index contributed by atoms with van der Waals surface area (Å²) < 4.78 is 42.0. The summed E-state index contributed by atoms with van der Waals surface area (Å²) in [6, 6.07) is 4.46. The maximum Gasteiger partial charge on any atom is 0.416 e. The van der Waals surface area contributed by atoms with Gasteiger partial charge < -0.3 is 10.5 Å². The molecule has 0 bridgehead atoms. The highest BCUT2D eigenvalue weighted by molar-refractivity contribution is 5.29. The molecule has 5 heteroatoms. The topological polar surface area (TPSA) is 35.2 Å². The fourth-order valence-electron chi connectivity index (χ4n) is 1.09. The van der Waals surface area contributed by atoms with Crippen molar-refractivity contribution in [2.45, 2.75) is 6.18 Å². The largest absolute Gasteiger partial charge is 0.489 e. The average molecular weight is 243 g/mol. The van der Waals surface area contributed by atoms with Crippen LogP contribution in [-0.4, -0.2) is 13.2 Å². The summed E-state index contributed by atoms with van der Waals surface area (Å²) in [6.07, 6.45) is -4.33. The Labute approximate surface area is 97.2 Å². The number of hydrogen-bond acceptors (Lipinski definition) is 2. The number of nitrogens with two attached hydrogens (primary N) is 1. The number of rotatable bonds is 4. The molecule has 0 aromatic heterocycles. The van der Waals surface area contributed by atoms with Crippen molar-refractivity contribution in [1.29, 1.82) is 0 Å². The number of benzene rings is 1. The maximum atomic E-state index is 12.3. The lowest BCUT2D eigenvalue weighted by Crippen LogP contribution is -2.10. The molecule has 0 aliphatic rings. The Kier molecular flexibility index (Phi) is 4.37. The molecule has 0 spiro atoms. The average Bonchev–Trinajstić information content (AvgIpc) is 2.30. The molecule has 0 aliphatic heterocycles. The van der Waals surface area contributed by atoms with Crippen LogP contribution in [0.4, 0.5) is 13.2 Å². The summed E-state index contributed by atoms with van der Waals surface area (Å²) >= 11 is 0. The molecule has 0 saturated heterocycles. The van der Waals surface area contributed by atoms with Crippen LogP contribution in [0.25, 0.3) is 0 Å². The quantitative estimate of drug-likeness (QED) is 0.825. The molecule has 0 heterocycles. The molecule has 1 aromatic carbocycles. The standard InChI is InChI=1S/C12H12F3NO/c1-2-9(7-16)8-17-11-5-3-10(4-6-11)12(13,14)15/h3-6H,1,7-8,16H2. The lowest BCUT2D eigenvalue weighted by molar-refractivity contribution is -0.137. The van der Waals surface area contributed by atoms with Crippen LogP contribution in [-0.2, 0) is 6.18 Å². The van der Waals surface area contributed by atoms with Crippen molar-refractivity contribution < 1.29 is 17.9 Å². The van der Waals surface area contributed by atoms with Gasteiger partial charge in [0, 0.05) is 12.1 Å². The van der Waals surface area contributed by atoms with Crippen LogP contribution in [0, 0.1) is 0 Å². The predicted molar refractivity (Wildman–Crippen MR) is 58.6 cm³/mol. The zero-order valence-electron chi connectivity index (χ0n) is 9.05. The number of alkyl halides is 3. The van der Waals surface area contributed by atoms with Crippen molar-refractivity contribution >= 4 is 0 Å². The van der Waals surface area contributed by atoms with Crippen molar-refractivity contribution in [3.05, 3.63) is 47.7 Å². The maximum absolute atomic E-state index is 12.3. The third-order valence-electron chi connectivity index (χ3n) is 2.09. The van der Waals surface area contributed by atoms with E-state index in [0.717, 1.165) is 12.1 Å². The fraction of sp³-hybridized carbons (Fsp3) is 0.250. The second-order valence-corrected chi connectivity index (χ2v) is 3.30. The Morgan fingerprint density at radius 1 is 1.29 bits per heavy atom. The van der Waals surface area contributed by atoms with Crippen LogP contribution >= 0.6 is 0 Å². The summed E-state index contributed by atoms with van der Waals surface area (Å²) in [7, 11) is 0. The normalized spacial score (nSPS) is 10.8. The van der Waals surface area contributed by atoms with Gasteiger partial charge in [0.15, 0.2) is 0 Å². The zero-order valence-corrected chi connectivity index (χ0v) is 9.05. The summed E-state index contributed by atoms with van der Waals surface area (Å²) in [5.41, 5.74) is 7.91. The molecule has 2 N–H and O–H groups in total. The monoisotopic (exact) mass is 243 g/mol. The van der Waals surface area contributed by atoms with Gasteiger partial charge in [-0.25, -0.2) is 0 Å². The van der Waals surface area contributed by atoms with Gasteiger partial charge in [0.1, 0.15) is 12.4 Å². The summed E-state index contributed by atoms with van der Waals surface area (Å²) in [6.45, 7) is 3.85. The lowest BCUT2D eigenvalue weighted by atomic mass is 10.2. The molecule has 0 atom stereocenters. The minimum atomic E-state index is -4.33. The van der Waals surface area contributed by atoms with E-state index in [1.807, 2.05) is 0 Å². The molecule has 0 saturated carbocycles. The van der Waals surface area contributed by atoms with Gasteiger partial charge in [-0.2, -0.15) is 13.2 Å². The highest BCUT2D eigenvalue weighted by Crippen LogP contribution is 2.30. The summed E-state index contributed by atoms with van der Waals surface area (Å²) in [5, 5.41) is 0. The van der Waals surface area contributed by atoms with Gasteiger partial charge in [0.25, 0.3) is 0 Å². The first-order valence-electron chi connectivity index (χ1n) is 4.85. The van der Waals surface area contributed by atoms with E-state index in [2.05, 4.69) is 12.3 Å². The van der Waals surface area contributed by atoms with Crippen molar-refractivity contribution in [2.24, 2.45) is 5.73 Å². The Morgan fingerprint density at radius 2 is 1.88 bits per heavy atom. The Morgan fingerprint density at radius 3 is 2.29 bits per heavy atom. The SMILES string of the molecule is C=C=C(CN)COc1ccc(C(F)(F)F)cc1. The number of ether oxygens (including phenoxy) is 1. The third kappa shape index (κ3) is 3.98. The van der Waals surface area contributed by atoms with Crippen molar-refractivity contribution in [2.75, 3.05) is 13.2 Å². The molecule has 2 nitrogen and oxygen atoms in total. The fourth-order valence-corrected chi connectivity index (χ4v) is 1.09. The first-order valence-corrected chi connectivity index (χ1v) is 4.85. The molecule has 0 fully saturated rings. The molecule has 0 amide bonds. The predicted octanol–water partition coefficient (Wildman–Crippen LogP) is 2.75. The minimum absolute atomic E-state index is 0.172. The first-order chi connectivity index (χ1) is 7.97. The lowest BCUT2D eigenvalue weighted by Gasteiger charge is -2.09. The first kappa shape index (κ1) is 13.4. The van der Waals surface area contributed by atoms with Gasteiger partial charge in [-0.15, -0.1) is 5.73 Å². The molecule has 0 aliphatic carbocycles. The van der Waals surface area contributed by atoms with E-state index < -0.39 is 11.7 Å². The Hall–Kier alpha value is -1.71. The molecular formula is C12H12F3NO. The number of halogens is 3. The van der Waals surface area contributed by atoms with Crippen LogP contribution in [0.5, 0.6) is 5.75 Å². The van der Waals surface area contributed by atoms with Gasteiger partial charge in [0.05, 0.1) is 5.56 Å². The van der Waals surface area contributed by atoms with Crippen LogP contribution in [0.15, 0.2) is 42.1 Å². The molecular weight excluding hydrogens is 231 g/mol. The van der Waals surface area contributed by atoms with Gasteiger partial charge in [0.2, 0.25) is 0 Å². The van der Waals surface area contributed by atoms with E-state index in [0.29, 0.717) is 11.3 Å². The minimum Gasteiger partial charge on any atom is -0.489 e. The second-order valence-electron chi connectivity index (χ2n) is 3.30. The van der Waals surface area contributed by atoms with E-state index >= 15 is 0 Å². The van der Waals surface area contributed by atoms with E-state index in [-0.39, 0.29) is 13.2 Å². The highest BCUT2D eigenvalue weighted by Gasteiger charge is 2.29. The molecule has 0 unspecified atom stereocenters. The Bertz CT molecular complexity index is 416. The van der Waals surface area contributed by atoms with Crippen LogP contribution in [0.2, 0.25) is 0 Å². The van der Waals surface area contributed by atoms with E-state index in [1.165, 1.54) is 12.1 Å². The second kappa shape index (κ2) is 5.57. The van der Waals surface area contributed by atoms with Crippen molar-refractivity contribution in [1.82, 2.24) is 0 Å². The molecule has 17 heavy (non-hydrogen) atoms. The van der Waals surface area contributed by atoms with Crippen molar-refractivity contribution in [3.63, 3.8) is 0 Å². The van der Waals surface area contributed by atoms with Crippen LogP contribution in [0.3, 0.4) is 0 Å². The van der Waals surface area contributed by atoms with Crippen LogP contribution in [0.1, 0.15) is 5.56 Å². The third-order valence-corrected chi connectivity index (χ3v) is 2.09. The molecule has 0 radical (unpaired) electrons. The van der Waals surface area contributed by atoms with Crippen molar-refractivity contribution in [3.8, 4) is 5.75 Å². The van der Waals surface area contributed by atoms with Gasteiger partial charge in [-0.1, -0.05) is 6.58 Å². The summed E-state index contributed by atoms with van der Waals surface area (Å²) in [5.74, 6) is 0.346. The molecule has 1 aromatic rings. The summed E-state index contributed by atoms with van der Waals surface area (Å²) in [4.78, 5) is 0. The smallest absolute Gasteiger partial charge is 0.416 e. The molecule has 92 valence electrons. The highest BCUT2D eigenvalue weighted by atomic mass is 19.4. The van der Waals surface area contributed by atoms with Gasteiger partial charge in [-0.05, 0) is 24.3 Å². The Balaban J connectivity index is 2.66. The van der Waals surface area contributed by atoms with Crippen LogP contribution < -0.4 is 10.5 Å². The van der Waals surface area contributed by atoms with E-state index in [4.69, 9.17) is 10.5 Å². The van der Waals surface area contributed by atoms with Gasteiger partial charge in [-0.3, -0.25) is 0 Å². The van der Waals surface area contributed by atoms with Gasteiger partial charge >= 0.3 is 6.18 Å². The van der Waals surface area contributed by atoms with E-state index in [1.54, 1.807) is 0 Å². The zero-order chi connectivity index (χ0) is 12.9. The van der Waals surface area contributed by atoms with E-state index in [9.17, 15) is 13.2 Å². The molecule has 1 rings (SSSR count).